The Kier molecular flexibility index (Phi) is 5.68. The first kappa shape index (κ1) is 14.4. The van der Waals surface area contributed by atoms with Crippen molar-refractivity contribution >= 4 is 23.4 Å². The number of nitrogen functional groups attached to an aromatic ring is 1. The molecule has 2 rings (SSSR count). The van der Waals surface area contributed by atoms with Gasteiger partial charge in [-0.2, -0.15) is 11.8 Å². The van der Waals surface area contributed by atoms with Gasteiger partial charge in [0.1, 0.15) is 18.2 Å². The summed E-state index contributed by atoms with van der Waals surface area (Å²) in [7, 11) is 0. The van der Waals surface area contributed by atoms with Gasteiger partial charge in [0.15, 0.2) is 5.82 Å². The molecule has 1 aliphatic heterocycles. The van der Waals surface area contributed by atoms with Crippen LogP contribution in [0.5, 0.6) is 0 Å². The van der Waals surface area contributed by atoms with Gasteiger partial charge in [-0.25, -0.2) is 15.8 Å². The van der Waals surface area contributed by atoms with Crippen LogP contribution < -0.4 is 16.2 Å². The fraction of sp³-hybridized carbons (Fsp3) is 0.667. The Bertz CT molecular complexity index is 396. The number of hydrogen-bond acceptors (Lipinski definition) is 7. The number of rotatable bonds is 5. The van der Waals surface area contributed by atoms with Crippen LogP contribution in [0.4, 0.5) is 11.6 Å². The molecule has 1 aliphatic rings. The first-order valence-corrected chi connectivity index (χ1v) is 7.74. The van der Waals surface area contributed by atoms with Gasteiger partial charge in [0, 0.05) is 31.5 Å². The van der Waals surface area contributed by atoms with Gasteiger partial charge < -0.3 is 15.1 Å². The molecule has 7 heteroatoms. The van der Waals surface area contributed by atoms with E-state index in [0.717, 1.165) is 24.7 Å². The highest BCUT2D eigenvalue weighted by atomic mass is 32.2. The van der Waals surface area contributed by atoms with Gasteiger partial charge >= 0.3 is 0 Å². The van der Waals surface area contributed by atoms with Crippen LogP contribution in [0.25, 0.3) is 0 Å². The Balaban J connectivity index is 2.17. The molecule has 1 fully saturated rings. The average molecular weight is 283 g/mol. The molecule has 6 nitrogen and oxygen atoms in total. The van der Waals surface area contributed by atoms with E-state index < -0.39 is 0 Å². The summed E-state index contributed by atoms with van der Waals surface area (Å²) >= 11 is 1.99. The second kappa shape index (κ2) is 7.52. The maximum Gasteiger partial charge on any atom is 0.158 e. The van der Waals surface area contributed by atoms with Gasteiger partial charge in [-0.1, -0.05) is 0 Å². The van der Waals surface area contributed by atoms with Gasteiger partial charge in [0.25, 0.3) is 0 Å². The molecule has 1 aromatic rings. The predicted octanol–water partition coefficient (Wildman–Crippen LogP) is 1.24. The minimum Gasteiger partial charge on any atom is -0.374 e. The maximum absolute atomic E-state index is 5.47. The van der Waals surface area contributed by atoms with E-state index in [1.54, 1.807) is 0 Å². The normalized spacial score (nSPS) is 16.2. The number of aromatic nitrogens is 2. The zero-order valence-corrected chi connectivity index (χ0v) is 12.1. The Hall–Kier alpha value is -1.05. The first-order chi connectivity index (χ1) is 9.33. The number of nitrogens with two attached hydrogens (primary N) is 1. The Labute approximate surface area is 118 Å². The zero-order valence-electron chi connectivity index (χ0n) is 11.3. The molecule has 0 radical (unpaired) electrons. The molecule has 0 aromatic carbocycles. The minimum atomic E-state index is 0.418. The molecule has 0 unspecified atom stereocenters. The molecule has 0 spiro atoms. The van der Waals surface area contributed by atoms with Crippen LogP contribution in [-0.2, 0) is 11.3 Å². The predicted molar refractivity (Wildman–Crippen MR) is 79.3 cm³/mol. The summed E-state index contributed by atoms with van der Waals surface area (Å²) in [6, 6.07) is 1.89. The molecule has 1 aromatic heterocycles. The third kappa shape index (κ3) is 4.22. The molecule has 2 heterocycles. The van der Waals surface area contributed by atoms with E-state index in [4.69, 9.17) is 10.6 Å². The van der Waals surface area contributed by atoms with Crippen LogP contribution in [0.3, 0.4) is 0 Å². The lowest BCUT2D eigenvalue weighted by molar-refractivity contribution is 0.128. The maximum atomic E-state index is 5.47. The number of anilines is 2. The zero-order chi connectivity index (χ0) is 13.5. The van der Waals surface area contributed by atoms with E-state index in [1.165, 1.54) is 12.2 Å². The van der Waals surface area contributed by atoms with E-state index in [9.17, 15) is 0 Å². The fourth-order valence-corrected chi connectivity index (χ4v) is 2.84. The van der Waals surface area contributed by atoms with E-state index in [-0.39, 0.29) is 0 Å². The van der Waals surface area contributed by atoms with Crippen molar-refractivity contribution in [3.63, 3.8) is 0 Å². The lowest BCUT2D eigenvalue weighted by atomic mass is 10.3. The lowest BCUT2D eigenvalue weighted by Gasteiger charge is -2.22. The highest BCUT2D eigenvalue weighted by molar-refractivity contribution is 7.99. The van der Waals surface area contributed by atoms with Crippen molar-refractivity contribution in [2.75, 3.05) is 41.5 Å². The molecule has 0 saturated carbocycles. The van der Waals surface area contributed by atoms with Crippen molar-refractivity contribution in [2.24, 2.45) is 5.84 Å². The Morgan fingerprint density at radius 3 is 3.11 bits per heavy atom. The van der Waals surface area contributed by atoms with Gasteiger partial charge in [-0.15, -0.1) is 0 Å². The van der Waals surface area contributed by atoms with Gasteiger partial charge in [-0.05, 0) is 19.1 Å². The topological polar surface area (TPSA) is 76.3 Å². The number of ether oxygens (including phenoxy) is 1. The van der Waals surface area contributed by atoms with Crippen molar-refractivity contribution in [1.82, 2.24) is 9.97 Å². The van der Waals surface area contributed by atoms with Crippen molar-refractivity contribution < 1.29 is 4.74 Å². The van der Waals surface area contributed by atoms with Gasteiger partial charge in [0.2, 0.25) is 0 Å². The lowest BCUT2D eigenvalue weighted by Crippen LogP contribution is -2.27. The molecule has 0 amide bonds. The average Bonchev–Trinajstić information content (AvgIpc) is 2.73. The van der Waals surface area contributed by atoms with Gasteiger partial charge in [0.05, 0.1) is 0 Å². The molecular formula is C12H21N5OS. The summed E-state index contributed by atoms with van der Waals surface area (Å²) in [5, 5.41) is 0. The van der Waals surface area contributed by atoms with E-state index >= 15 is 0 Å². The van der Waals surface area contributed by atoms with E-state index in [2.05, 4.69) is 20.3 Å². The number of thioether (sulfide) groups is 1. The molecule has 106 valence electrons. The van der Waals surface area contributed by atoms with Crippen LogP contribution in [-0.4, -0.2) is 41.2 Å². The summed E-state index contributed by atoms with van der Waals surface area (Å²) in [5.41, 5.74) is 2.60. The minimum absolute atomic E-state index is 0.418. The van der Waals surface area contributed by atoms with Gasteiger partial charge in [-0.3, -0.25) is 0 Å². The number of nitrogens with one attached hydrogen (secondary N) is 1. The first-order valence-electron chi connectivity index (χ1n) is 6.58. The standard InChI is InChI=1S/C12H21N5OS/c1-2-18-9-11-14-10(16-13)8-12(15-11)17-4-3-6-19-7-5-17/h8H,2-7,9,13H2,1H3,(H,14,15,16). The molecule has 0 atom stereocenters. The molecule has 19 heavy (non-hydrogen) atoms. The van der Waals surface area contributed by atoms with E-state index in [0.29, 0.717) is 24.9 Å². The number of hydrazine groups is 1. The van der Waals surface area contributed by atoms with Crippen LogP contribution in [0, 0.1) is 0 Å². The fourth-order valence-electron chi connectivity index (χ4n) is 1.95. The largest absolute Gasteiger partial charge is 0.374 e. The molecular weight excluding hydrogens is 262 g/mol. The summed E-state index contributed by atoms with van der Waals surface area (Å²) in [5.74, 6) is 10.1. The van der Waals surface area contributed by atoms with Crippen LogP contribution in [0.1, 0.15) is 19.2 Å². The summed E-state index contributed by atoms with van der Waals surface area (Å²) in [6.07, 6.45) is 1.18. The van der Waals surface area contributed by atoms with Crippen LogP contribution in [0.2, 0.25) is 0 Å². The third-order valence-corrected chi connectivity index (χ3v) is 3.94. The summed E-state index contributed by atoms with van der Waals surface area (Å²) < 4.78 is 5.37. The third-order valence-electron chi connectivity index (χ3n) is 2.89. The molecule has 3 N–H and O–H groups in total. The van der Waals surface area contributed by atoms with E-state index in [1.807, 2.05) is 24.8 Å². The number of hydrogen-bond donors (Lipinski definition) is 2. The van der Waals surface area contributed by atoms with Crippen molar-refractivity contribution in [3.05, 3.63) is 11.9 Å². The Morgan fingerprint density at radius 1 is 1.42 bits per heavy atom. The van der Waals surface area contributed by atoms with Crippen molar-refractivity contribution in [2.45, 2.75) is 20.0 Å². The SMILES string of the molecule is CCOCc1nc(NN)cc(N2CCCSCC2)n1. The highest BCUT2D eigenvalue weighted by Crippen LogP contribution is 2.19. The second-order valence-electron chi connectivity index (χ2n) is 4.26. The molecule has 0 bridgehead atoms. The van der Waals surface area contributed by atoms with Crippen molar-refractivity contribution in [3.8, 4) is 0 Å². The van der Waals surface area contributed by atoms with Crippen molar-refractivity contribution in [1.29, 1.82) is 0 Å². The monoisotopic (exact) mass is 283 g/mol. The Morgan fingerprint density at radius 2 is 2.32 bits per heavy atom. The van der Waals surface area contributed by atoms with Crippen LogP contribution >= 0.6 is 11.8 Å². The quantitative estimate of drug-likeness (QED) is 0.622. The highest BCUT2D eigenvalue weighted by Gasteiger charge is 2.13. The molecule has 1 saturated heterocycles. The second-order valence-corrected chi connectivity index (χ2v) is 5.49. The summed E-state index contributed by atoms with van der Waals surface area (Å²) in [6.45, 7) is 5.07. The van der Waals surface area contributed by atoms with Crippen LogP contribution in [0.15, 0.2) is 6.07 Å². The number of nitrogens with zero attached hydrogens (tertiary/aromatic N) is 3. The molecule has 0 aliphatic carbocycles. The summed E-state index contributed by atoms with van der Waals surface area (Å²) in [4.78, 5) is 11.2. The smallest absolute Gasteiger partial charge is 0.158 e.